The molecule has 0 amide bonds. The van der Waals surface area contributed by atoms with E-state index in [0.29, 0.717) is 23.0 Å². The number of aromatic amines is 1. The minimum absolute atomic E-state index is 0.206. The van der Waals surface area contributed by atoms with Crippen LogP contribution in [0.4, 0.5) is 0 Å². The highest BCUT2D eigenvalue weighted by Crippen LogP contribution is 1.94. The van der Waals surface area contributed by atoms with Crippen LogP contribution in [0, 0.1) is 4.91 Å². The summed E-state index contributed by atoms with van der Waals surface area (Å²) in [5.41, 5.74) is 0.535. The minimum atomic E-state index is 0.206. The smallest absolute Gasteiger partial charge is 0.254 e. The summed E-state index contributed by atoms with van der Waals surface area (Å²) in [6.07, 6.45) is 1.03. The molecule has 0 bridgehead atoms. The van der Waals surface area contributed by atoms with E-state index in [1.165, 1.54) is 0 Å². The van der Waals surface area contributed by atoms with E-state index in [4.69, 9.17) is 0 Å². The maximum Gasteiger partial charge on any atom is 0.254 e. The van der Waals surface area contributed by atoms with Crippen LogP contribution in [0.15, 0.2) is 4.63 Å². The average molecular weight is 143 g/mol. The van der Waals surface area contributed by atoms with Gasteiger partial charge in [-0.1, -0.05) is 16.7 Å². The highest BCUT2D eigenvalue weighted by Gasteiger charge is 2.15. The van der Waals surface area contributed by atoms with E-state index in [1.807, 2.05) is 0 Å². The molecule has 0 atom stereocenters. The van der Waals surface area contributed by atoms with Crippen molar-refractivity contribution in [3.05, 3.63) is 16.3 Å². The van der Waals surface area contributed by atoms with Crippen LogP contribution in [0.2, 0.25) is 0 Å². The summed E-state index contributed by atoms with van der Waals surface area (Å²) in [6, 6.07) is 0. The maximum atomic E-state index is 10.6. The second kappa shape index (κ2) is 2.47. The Bertz CT molecular complexity index is 285. The Morgan fingerprint density at radius 3 is 2.90 bits per heavy atom. The van der Waals surface area contributed by atoms with Crippen LogP contribution in [0.3, 0.4) is 0 Å². The number of aromatic nitrogens is 2. The zero-order valence-corrected chi connectivity index (χ0v) is 5.46. The molecule has 1 aromatic heterocycles. The Balaban J connectivity index is 3.26. The number of carbonyl (C=O) groups is 1. The molecule has 0 unspecified atom stereocenters. The van der Waals surface area contributed by atoms with Crippen LogP contribution in [0.25, 0.3) is 0 Å². The second-order valence-corrected chi connectivity index (χ2v) is 1.78. The van der Waals surface area contributed by atoms with Crippen LogP contribution in [0.1, 0.15) is 23.1 Å². The summed E-state index contributed by atoms with van der Waals surface area (Å²) < 4.78 is 4.58. The van der Waals surface area contributed by atoms with Gasteiger partial charge in [-0.2, -0.15) is 0 Å². The molecule has 0 spiro atoms. The highest BCUT2D eigenvalue weighted by atomic mass is 16.7. The van der Waals surface area contributed by atoms with Crippen molar-refractivity contribution < 1.29 is 14.0 Å². The standard InChI is InChI=1S/C5H7N2O3/c1-2-5-4(3-8)6-10-7(5)9/h3,6H,2H2,1H3/q+1. The predicted octanol–water partition coefficient (Wildman–Crippen LogP) is -0.103. The molecule has 54 valence electrons. The fourth-order valence-corrected chi connectivity index (χ4v) is 0.715. The molecule has 0 saturated carbocycles. The molecule has 0 fully saturated rings. The van der Waals surface area contributed by atoms with Gasteiger partial charge in [0.2, 0.25) is 0 Å². The number of carbonyl (C=O) groups excluding carboxylic acids is 1. The van der Waals surface area contributed by atoms with Crippen molar-refractivity contribution >= 4 is 6.29 Å². The fraction of sp³-hybridized carbons (Fsp3) is 0.400. The molecule has 5 heteroatoms. The van der Waals surface area contributed by atoms with Crippen molar-refractivity contribution in [3.8, 4) is 0 Å². The van der Waals surface area contributed by atoms with E-state index >= 15 is 0 Å². The second-order valence-electron chi connectivity index (χ2n) is 1.78. The first-order valence-corrected chi connectivity index (χ1v) is 2.88. The topological polar surface area (TPSA) is 69.0 Å². The molecule has 0 saturated heterocycles. The lowest BCUT2D eigenvalue weighted by atomic mass is 10.3. The molecule has 1 rings (SSSR count). The van der Waals surface area contributed by atoms with Gasteiger partial charge in [0.1, 0.15) is 0 Å². The quantitative estimate of drug-likeness (QED) is 0.587. The van der Waals surface area contributed by atoms with Gasteiger partial charge in [-0.25, -0.2) is 0 Å². The van der Waals surface area contributed by atoms with Crippen molar-refractivity contribution in [1.82, 2.24) is 5.16 Å². The van der Waals surface area contributed by atoms with Gasteiger partial charge in [-0.3, -0.25) is 4.79 Å². The molecule has 1 N–H and O–H groups in total. The zero-order valence-electron chi connectivity index (χ0n) is 5.46. The van der Waals surface area contributed by atoms with Crippen molar-refractivity contribution in [2.24, 2.45) is 0 Å². The average Bonchev–Trinajstić information content (AvgIpc) is 2.30. The Kier molecular flexibility index (Phi) is 1.66. The van der Waals surface area contributed by atoms with Crippen LogP contribution >= 0.6 is 0 Å². The molecule has 0 aromatic carbocycles. The van der Waals surface area contributed by atoms with Crippen LogP contribution in [0.5, 0.6) is 0 Å². The van der Waals surface area contributed by atoms with Gasteiger partial charge >= 0.3 is 0 Å². The summed E-state index contributed by atoms with van der Waals surface area (Å²) >= 11 is 0. The number of rotatable bonds is 2. The SMILES string of the molecule is CCc1c(C=O)[nH]o[n+]1=O. The fourth-order valence-electron chi connectivity index (χ4n) is 0.715. The Morgan fingerprint density at radius 2 is 2.50 bits per heavy atom. The summed E-state index contributed by atoms with van der Waals surface area (Å²) in [4.78, 5) is 20.7. The van der Waals surface area contributed by atoms with Gasteiger partial charge < -0.3 is 0 Å². The van der Waals surface area contributed by atoms with Gasteiger partial charge in [-0.15, -0.1) is 0 Å². The summed E-state index contributed by atoms with van der Waals surface area (Å²) in [5.74, 6) is 0. The van der Waals surface area contributed by atoms with Crippen molar-refractivity contribution in [1.29, 1.82) is 0 Å². The lowest BCUT2D eigenvalue weighted by Gasteiger charge is -1.73. The van der Waals surface area contributed by atoms with Gasteiger partial charge in [-0.05, 0) is 4.91 Å². The first kappa shape index (κ1) is 6.73. The Labute approximate surface area is 56.2 Å². The van der Waals surface area contributed by atoms with E-state index in [-0.39, 0.29) is 5.69 Å². The molecule has 0 radical (unpaired) electrons. The number of aldehydes is 1. The zero-order chi connectivity index (χ0) is 7.56. The monoisotopic (exact) mass is 143 g/mol. The lowest BCUT2D eigenvalue weighted by molar-refractivity contribution is -0.719. The van der Waals surface area contributed by atoms with Crippen LogP contribution in [-0.2, 0) is 6.42 Å². The molecule has 1 aromatic rings. The third kappa shape index (κ3) is 0.854. The lowest BCUT2D eigenvalue weighted by Crippen LogP contribution is -2.15. The van der Waals surface area contributed by atoms with E-state index in [0.717, 1.165) is 0 Å². The number of nitrogens with one attached hydrogen (secondary N) is 1. The molecular formula is C5H7N2O3+. The molecule has 0 aliphatic rings. The van der Waals surface area contributed by atoms with Gasteiger partial charge in [0.05, 0.1) is 0 Å². The van der Waals surface area contributed by atoms with Gasteiger partial charge in [0, 0.05) is 6.42 Å². The van der Waals surface area contributed by atoms with Crippen molar-refractivity contribution in [3.63, 3.8) is 0 Å². The normalized spacial score (nSPS) is 9.70. The van der Waals surface area contributed by atoms with Gasteiger partial charge in [0.15, 0.2) is 10.9 Å². The number of H-pyrrole nitrogens is 1. The molecule has 5 nitrogen and oxygen atoms in total. The molecule has 1 heterocycles. The van der Waals surface area contributed by atoms with Crippen molar-refractivity contribution in [2.45, 2.75) is 13.3 Å². The van der Waals surface area contributed by atoms with E-state index in [9.17, 15) is 9.70 Å². The molecule has 10 heavy (non-hydrogen) atoms. The first-order valence-electron chi connectivity index (χ1n) is 2.88. The van der Waals surface area contributed by atoms with Crippen LogP contribution in [-0.4, -0.2) is 11.4 Å². The largest absolute Gasteiger partial charge is 0.294 e. The molecular weight excluding hydrogens is 136 g/mol. The predicted molar refractivity (Wildman–Crippen MR) is 31.2 cm³/mol. The van der Waals surface area contributed by atoms with Gasteiger partial charge in [0.25, 0.3) is 11.4 Å². The Hall–Kier alpha value is -1.39. The summed E-state index contributed by atoms with van der Waals surface area (Å²) in [6.45, 7) is 1.76. The van der Waals surface area contributed by atoms with Crippen LogP contribution < -0.4 is 4.60 Å². The van der Waals surface area contributed by atoms with Crippen molar-refractivity contribution in [2.75, 3.05) is 0 Å². The summed E-state index contributed by atoms with van der Waals surface area (Å²) in [7, 11) is 0. The number of nitrogens with zero attached hydrogens (tertiary/aromatic N) is 1. The highest BCUT2D eigenvalue weighted by molar-refractivity contribution is 5.72. The maximum absolute atomic E-state index is 10.6. The van der Waals surface area contributed by atoms with E-state index < -0.39 is 0 Å². The molecule has 0 aliphatic heterocycles. The summed E-state index contributed by atoms with van der Waals surface area (Å²) in [5, 5.41) is 2.18. The van der Waals surface area contributed by atoms with E-state index in [1.54, 1.807) is 6.92 Å². The minimum Gasteiger partial charge on any atom is -0.294 e. The molecule has 0 aliphatic carbocycles. The number of hydrogen-bond donors (Lipinski definition) is 1. The Morgan fingerprint density at radius 1 is 1.80 bits per heavy atom. The third-order valence-corrected chi connectivity index (χ3v) is 1.22. The third-order valence-electron chi connectivity index (χ3n) is 1.22. The number of hydrogen-bond acceptors (Lipinski definition) is 3. The van der Waals surface area contributed by atoms with E-state index in [2.05, 4.69) is 9.79 Å². The first-order chi connectivity index (χ1) is 4.79.